The molecule has 2 heterocycles. The van der Waals surface area contributed by atoms with Gasteiger partial charge in [-0.2, -0.15) is 0 Å². The molecule has 0 amide bonds. The number of para-hydroxylation sites is 1. The summed E-state index contributed by atoms with van der Waals surface area (Å²) in [5.41, 5.74) is 2.35. The average Bonchev–Trinajstić information content (AvgIpc) is 2.97. The van der Waals surface area contributed by atoms with Crippen LogP contribution in [-0.2, 0) is 13.6 Å². The number of rotatable bonds is 3. The van der Waals surface area contributed by atoms with Gasteiger partial charge in [-0.05, 0) is 24.3 Å². The molecule has 0 unspecified atom stereocenters. The van der Waals surface area contributed by atoms with Gasteiger partial charge >= 0.3 is 0 Å². The second kappa shape index (κ2) is 4.10. The number of hydrogen-bond donors (Lipinski definition) is 0. The van der Waals surface area contributed by atoms with E-state index in [1.54, 1.807) is 15.3 Å². The summed E-state index contributed by atoms with van der Waals surface area (Å²) >= 11 is 0. The predicted molar refractivity (Wildman–Crippen MR) is 67.3 cm³/mol. The fourth-order valence-electron chi connectivity index (χ4n) is 2.00. The van der Waals surface area contributed by atoms with Gasteiger partial charge in [0.05, 0.1) is 11.2 Å². The molecule has 0 aliphatic carbocycles. The SMILES string of the molecule is Cn1cccc1C(=O)Cn1nnc2ccccc21. The summed E-state index contributed by atoms with van der Waals surface area (Å²) in [5, 5.41) is 8.04. The fourth-order valence-corrected chi connectivity index (χ4v) is 2.00. The van der Waals surface area contributed by atoms with Gasteiger partial charge in [0.25, 0.3) is 0 Å². The van der Waals surface area contributed by atoms with Crippen LogP contribution >= 0.6 is 0 Å². The number of aromatic nitrogens is 4. The molecule has 5 nitrogen and oxygen atoms in total. The van der Waals surface area contributed by atoms with Crippen LogP contribution in [0.25, 0.3) is 11.0 Å². The van der Waals surface area contributed by atoms with E-state index in [4.69, 9.17) is 0 Å². The molecule has 3 aromatic rings. The Morgan fingerprint density at radius 3 is 2.83 bits per heavy atom. The van der Waals surface area contributed by atoms with Crippen LogP contribution < -0.4 is 0 Å². The van der Waals surface area contributed by atoms with Crippen LogP contribution in [0.15, 0.2) is 42.6 Å². The number of benzene rings is 1. The number of carbonyl (C=O) groups is 1. The lowest BCUT2D eigenvalue weighted by atomic mass is 10.2. The zero-order chi connectivity index (χ0) is 12.5. The molecule has 5 heteroatoms. The van der Waals surface area contributed by atoms with Gasteiger partial charge in [0.1, 0.15) is 12.1 Å². The number of fused-ring (bicyclic) bond motifs is 1. The minimum absolute atomic E-state index is 0.0261. The predicted octanol–water partition coefficient (Wildman–Crippen LogP) is 1.65. The molecular weight excluding hydrogens is 228 g/mol. The molecule has 0 atom stereocenters. The first-order valence-corrected chi connectivity index (χ1v) is 5.68. The van der Waals surface area contributed by atoms with Crippen LogP contribution in [0.5, 0.6) is 0 Å². The Balaban J connectivity index is 1.93. The molecule has 0 saturated carbocycles. The molecule has 0 radical (unpaired) electrons. The minimum atomic E-state index is 0.0261. The molecule has 0 aliphatic rings. The van der Waals surface area contributed by atoms with E-state index in [0.29, 0.717) is 5.69 Å². The van der Waals surface area contributed by atoms with Crippen molar-refractivity contribution in [2.24, 2.45) is 7.05 Å². The minimum Gasteiger partial charge on any atom is -0.348 e. The van der Waals surface area contributed by atoms with E-state index in [0.717, 1.165) is 11.0 Å². The zero-order valence-corrected chi connectivity index (χ0v) is 9.95. The van der Waals surface area contributed by atoms with E-state index >= 15 is 0 Å². The van der Waals surface area contributed by atoms with Crippen LogP contribution in [0.1, 0.15) is 10.5 Å². The molecule has 3 rings (SSSR count). The van der Waals surface area contributed by atoms with Crippen LogP contribution in [-0.4, -0.2) is 25.3 Å². The quantitative estimate of drug-likeness (QED) is 0.654. The Morgan fingerprint density at radius 1 is 1.22 bits per heavy atom. The van der Waals surface area contributed by atoms with Gasteiger partial charge < -0.3 is 4.57 Å². The highest BCUT2D eigenvalue weighted by atomic mass is 16.1. The van der Waals surface area contributed by atoms with Gasteiger partial charge in [-0.1, -0.05) is 17.3 Å². The first-order valence-electron chi connectivity index (χ1n) is 5.68. The van der Waals surface area contributed by atoms with Gasteiger partial charge in [0, 0.05) is 13.2 Å². The number of carbonyl (C=O) groups excluding carboxylic acids is 1. The number of ketones is 1. The Morgan fingerprint density at radius 2 is 2.06 bits per heavy atom. The van der Waals surface area contributed by atoms with Crippen LogP contribution in [0.4, 0.5) is 0 Å². The Kier molecular flexibility index (Phi) is 2.44. The largest absolute Gasteiger partial charge is 0.348 e. The molecule has 0 fully saturated rings. The van der Waals surface area contributed by atoms with Gasteiger partial charge in [-0.15, -0.1) is 5.10 Å². The van der Waals surface area contributed by atoms with Crippen molar-refractivity contribution in [3.05, 3.63) is 48.3 Å². The number of nitrogens with zero attached hydrogens (tertiary/aromatic N) is 4. The molecule has 0 aliphatic heterocycles. The van der Waals surface area contributed by atoms with Crippen molar-refractivity contribution in [2.75, 3.05) is 0 Å². The van der Waals surface area contributed by atoms with E-state index in [2.05, 4.69) is 10.3 Å². The molecule has 0 spiro atoms. The van der Waals surface area contributed by atoms with E-state index < -0.39 is 0 Å². The van der Waals surface area contributed by atoms with Crippen molar-refractivity contribution in [2.45, 2.75) is 6.54 Å². The monoisotopic (exact) mass is 240 g/mol. The van der Waals surface area contributed by atoms with E-state index in [1.165, 1.54) is 0 Å². The summed E-state index contributed by atoms with van der Waals surface area (Å²) in [4.78, 5) is 12.1. The van der Waals surface area contributed by atoms with Crippen molar-refractivity contribution in [3.63, 3.8) is 0 Å². The lowest BCUT2D eigenvalue weighted by Gasteiger charge is -2.03. The zero-order valence-electron chi connectivity index (χ0n) is 9.95. The maximum absolute atomic E-state index is 12.1. The van der Waals surface area contributed by atoms with Crippen LogP contribution in [0.2, 0.25) is 0 Å². The summed E-state index contributed by atoms with van der Waals surface area (Å²) < 4.78 is 3.44. The van der Waals surface area contributed by atoms with Crippen LogP contribution in [0.3, 0.4) is 0 Å². The summed E-state index contributed by atoms with van der Waals surface area (Å²) in [7, 11) is 1.85. The highest BCUT2D eigenvalue weighted by molar-refractivity contribution is 5.95. The third-order valence-electron chi connectivity index (χ3n) is 2.94. The molecule has 2 aromatic heterocycles. The lowest BCUT2D eigenvalue weighted by Crippen LogP contribution is -2.14. The fraction of sp³-hybridized carbons (Fsp3) is 0.154. The Hall–Kier alpha value is -2.43. The second-order valence-electron chi connectivity index (χ2n) is 4.16. The number of aryl methyl sites for hydroxylation is 1. The van der Waals surface area contributed by atoms with Crippen molar-refractivity contribution in [3.8, 4) is 0 Å². The highest BCUT2D eigenvalue weighted by Gasteiger charge is 2.12. The summed E-state index contributed by atoms with van der Waals surface area (Å²) in [6.45, 7) is 0.207. The molecule has 0 bridgehead atoms. The smallest absolute Gasteiger partial charge is 0.200 e. The van der Waals surface area contributed by atoms with E-state index in [1.807, 2.05) is 43.6 Å². The summed E-state index contributed by atoms with van der Waals surface area (Å²) in [6, 6.07) is 11.3. The van der Waals surface area contributed by atoms with Gasteiger partial charge in [-0.25, -0.2) is 4.68 Å². The van der Waals surface area contributed by atoms with Crippen molar-refractivity contribution in [1.29, 1.82) is 0 Å². The van der Waals surface area contributed by atoms with Gasteiger partial charge in [0.2, 0.25) is 5.78 Å². The van der Waals surface area contributed by atoms with Crippen molar-refractivity contribution in [1.82, 2.24) is 19.6 Å². The molecular formula is C13H12N4O. The third-order valence-corrected chi connectivity index (χ3v) is 2.94. The van der Waals surface area contributed by atoms with E-state index in [-0.39, 0.29) is 12.3 Å². The van der Waals surface area contributed by atoms with Crippen molar-refractivity contribution < 1.29 is 4.79 Å². The molecule has 0 saturated heterocycles. The first kappa shape index (κ1) is 10.7. The Bertz CT molecular complexity index is 710. The maximum Gasteiger partial charge on any atom is 0.200 e. The standard InChI is InChI=1S/C13H12N4O/c1-16-8-4-7-12(16)13(18)9-17-11-6-3-2-5-10(11)14-15-17/h2-8H,9H2,1H3. The molecule has 1 aromatic carbocycles. The highest BCUT2D eigenvalue weighted by Crippen LogP contribution is 2.11. The van der Waals surface area contributed by atoms with E-state index in [9.17, 15) is 4.79 Å². The van der Waals surface area contributed by atoms with Crippen LogP contribution in [0, 0.1) is 0 Å². The molecule has 90 valence electrons. The number of hydrogen-bond acceptors (Lipinski definition) is 3. The van der Waals surface area contributed by atoms with Gasteiger partial charge in [-0.3, -0.25) is 4.79 Å². The Labute approximate surface area is 104 Å². The van der Waals surface area contributed by atoms with Crippen molar-refractivity contribution >= 4 is 16.8 Å². The topological polar surface area (TPSA) is 52.7 Å². The first-order chi connectivity index (χ1) is 8.75. The lowest BCUT2D eigenvalue weighted by molar-refractivity contribution is 0.0960. The third kappa shape index (κ3) is 1.69. The average molecular weight is 240 g/mol. The summed E-state index contributed by atoms with van der Waals surface area (Å²) in [5.74, 6) is 0.0261. The molecule has 18 heavy (non-hydrogen) atoms. The summed E-state index contributed by atoms with van der Waals surface area (Å²) in [6.07, 6.45) is 1.85. The maximum atomic E-state index is 12.1. The van der Waals surface area contributed by atoms with Gasteiger partial charge in [0.15, 0.2) is 0 Å². The second-order valence-corrected chi connectivity index (χ2v) is 4.16. The number of Topliss-reactive ketones (excluding diaryl/α,β-unsaturated/α-hetero) is 1. The normalized spacial score (nSPS) is 10.9. The molecule has 0 N–H and O–H groups in total.